The van der Waals surface area contributed by atoms with Gasteiger partial charge < -0.3 is 33.3 Å². The molecule has 0 rings (SSSR count). The molecule has 0 aromatic rings. The van der Waals surface area contributed by atoms with Crippen LogP contribution >= 0.6 is 0 Å². The minimum atomic E-state index is -1.61. The fraction of sp³-hybridized carbons (Fsp3) is 0.886. The van der Waals surface area contributed by atoms with E-state index in [0.717, 1.165) is 44.9 Å². The first kappa shape index (κ1) is 51.0. The van der Waals surface area contributed by atoms with Crippen molar-refractivity contribution < 1.29 is 42.9 Å². The molecule has 312 valence electrons. The van der Waals surface area contributed by atoms with Crippen LogP contribution in [0.5, 0.6) is 0 Å². The number of nitrogens with zero attached hydrogens (tertiary/aromatic N) is 1. The number of hydrogen-bond acceptors (Lipinski definition) is 8. The van der Waals surface area contributed by atoms with Crippen molar-refractivity contribution in [2.24, 2.45) is 0 Å². The van der Waals surface area contributed by atoms with Crippen LogP contribution in [-0.4, -0.2) is 82.3 Å². The highest BCUT2D eigenvalue weighted by atomic mass is 16.7. The van der Waals surface area contributed by atoms with Crippen molar-refractivity contribution >= 4 is 17.9 Å². The Morgan fingerprint density at radius 1 is 0.547 bits per heavy atom. The predicted molar refractivity (Wildman–Crippen MR) is 214 cm³/mol. The summed E-state index contributed by atoms with van der Waals surface area (Å²) < 4.78 is 22.5. The van der Waals surface area contributed by atoms with Gasteiger partial charge in [-0.25, -0.2) is 0 Å². The highest BCUT2D eigenvalue weighted by Crippen LogP contribution is 2.14. The van der Waals surface area contributed by atoms with Crippen LogP contribution in [0.1, 0.15) is 194 Å². The number of allylic oxidation sites excluding steroid dienone is 2. The molecule has 9 heteroatoms. The van der Waals surface area contributed by atoms with E-state index < -0.39 is 24.3 Å². The average molecular weight is 754 g/mol. The molecule has 2 unspecified atom stereocenters. The van der Waals surface area contributed by atoms with E-state index in [2.05, 4.69) is 26.0 Å². The first-order valence-electron chi connectivity index (χ1n) is 21.8. The summed E-state index contributed by atoms with van der Waals surface area (Å²) in [5.74, 6) is -2.28. The number of hydrogen-bond donors (Lipinski definition) is 0. The first-order valence-corrected chi connectivity index (χ1v) is 21.8. The zero-order chi connectivity index (χ0) is 39.3. The Hall–Kier alpha value is -1.97. The van der Waals surface area contributed by atoms with E-state index in [1.807, 2.05) is 21.1 Å². The maximum atomic E-state index is 12.7. The second-order valence-electron chi connectivity index (χ2n) is 16.0. The van der Waals surface area contributed by atoms with Gasteiger partial charge in [0.05, 0.1) is 40.3 Å². The van der Waals surface area contributed by atoms with Gasteiger partial charge in [0, 0.05) is 12.8 Å². The number of ether oxygens (including phenoxy) is 4. The third-order valence-corrected chi connectivity index (χ3v) is 9.51. The zero-order valence-electron chi connectivity index (χ0n) is 35.2. The Morgan fingerprint density at radius 2 is 0.962 bits per heavy atom. The van der Waals surface area contributed by atoms with Crippen molar-refractivity contribution in [1.82, 2.24) is 0 Å². The summed E-state index contributed by atoms with van der Waals surface area (Å²) >= 11 is 0. The van der Waals surface area contributed by atoms with Gasteiger partial charge in [0.15, 0.2) is 12.4 Å². The van der Waals surface area contributed by atoms with Gasteiger partial charge in [0.2, 0.25) is 0 Å². The number of aliphatic carboxylic acids is 1. The van der Waals surface area contributed by atoms with Gasteiger partial charge in [-0.3, -0.25) is 9.59 Å². The normalized spacial score (nSPS) is 13.0. The van der Waals surface area contributed by atoms with Crippen LogP contribution in [0.4, 0.5) is 0 Å². The Labute approximate surface area is 325 Å². The van der Waals surface area contributed by atoms with Crippen LogP contribution in [-0.2, 0) is 33.3 Å². The van der Waals surface area contributed by atoms with Crippen LogP contribution in [0.15, 0.2) is 12.2 Å². The fourth-order valence-electron chi connectivity index (χ4n) is 6.06. The average Bonchev–Trinajstić information content (AvgIpc) is 3.11. The van der Waals surface area contributed by atoms with E-state index in [1.165, 1.54) is 116 Å². The predicted octanol–water partition coefficient (Wildman–Crippen LogP) is 9.78. The molecule has 0 aliphatic rings. The van der Waals surface area contributed by atoms with Crippen molar-refractivity contribution in [2.45, 2.75) is 206 Å². The summed E-state index contributed by atoms with van der Waals surface area (Å²) in [6.07, 6.45) is 33.8. The Bertz CT molecular complexity index is 887. The molecule has 0 spiro atoms. The monoisotopic (exact) mass is 754 g/mol. The maximum absolute atomic E-state index is 12.7. The van der Waals surface area contributed by atoms with E-state index >= 15 is 0 Å². The highest BCUT2D eigenvalue weighted by Gasteiger charge is 2.21. The standard InChI is InChI=1S/C44H83NO8/c1-6-8-10-12-14-16-18-19-20-21-22-23-24-25-27-29-31-33-35-42(47)53-40(39-52-44(43(48)49)50-37-36-45(3,4)5)38-51-41(46)34-32-30-28-26-17-15-13-11-9-7-2/h20-21,40,44H,6-19,22-39H2,1-5H3/b21-20-. The molecule has 53 heavy (non-hydrogen) atoms. The summed E-state index contributed by atoms with van der Waals surface area (Å²) in [5.41, 5.74) is 0. The molecule has 0 aliphatic heterocycles. The largest absolute Gasteiger partial charge is 0.545 e. The molecule has 0 aromatic heterocycles. The lowest BCUT2D eigenvalue weighted by molar-refractivity contribution is -0.870. The Kier molecular flexibility index (Phi) is 35.6. The summed E-state index contributed by atoms with van der Waals surface area (Å²) in [5, 5.41) is 11.7. The molecular formula is C44H83NO8. The van der Waals surface area contributed by atoms with Crippen molar-refractivity contribution in [3.05, 3.63) is 12.2 Å². The van der Waals surface area contributed by atoms with E-state index in [0.29, 0.717) is 23.9 Å². The summed E-state index contributed by atoms with van der Waals surface area (Å²) in [7, 11) is 5.90. The van der Waals surface area contributed by atoms with Crippen molar-refractivity contribution in [3.63, 3.8) is 0 Å². The molecule has 0 radical (unpaired) electrons. The molecule has 0 amide bonds. The lowest BCUT2D eigenvalue weighted by Gasteiger charge is -2.26. The lowest BCUT2D eigenvalue weighted by Crippen LogP contribution is -2.44. The molecule has 0 aromatic carbocycles. The van der Waals surface area contributed by atoms with Crippen molar-refractivity contribution in [2.75, 3.05) is 47.5 Å². The van der Waals surface area contributed by atoms with Gasteiger partial charge in [0.1, 0.15) is 13.2 Å². The number of unbranched alkanes of at least 4 members (excludes halogenated alkanes) is 23. The summed E-state index contributed by atoms with van der Waals surface area (Å²) in [6.45, 7) is 4.72. The summed E-state index contributed by atoms with van der Waals surface area (Å²) in [4.78, 5) is 36.8. The number of carbonyl (C=O) groups is 3. The maximum Gasteiger partial charge on any atom is 0.306 e. The molecule has 0 N–H and O–H groups in total. The molecule has 0 saturated carbocycles. The number of quaternary nitrogens is 1. The molecule has 9 nitrogen and oxygen atoms in total. The molecule has 0 saturated heterocycles. The smallest absolute Gasteiger partial charge is 0.306 e. The fourth-order valence-corrected chi connectivity index (χ4v) is 6.06. The third kappa shape index (κ3) is 38.1. The zero-order valence-corrected chi connectivity index (χ0v) is 35.2. The van der Waals surface area contributed by atoms with Gasteiger partial charge in [-0.2, -0.15) is 0 Å². The van der Waals surface area contributed by atoms with Crippen LogP contribution < -0.4 is 5.11 Å². The Morgan fingerprint density at radius 3 is 1.40 bits per heavy atom. The third-order valence-electron chi connectivity index (χ3n) is 9.51. The number of carboxylic acids is 1. The van der Waals surface area contributed by atoms with Gasteiger partial charge in [-0.05, 0) is 38.5 Å². The van der Waals surface area contributed by atoms with Crippen LogP contribution in [0, 0.1) is 0 Å². The summed E-state index contributed by atoms with van der Waals surface area (Å²) in [6, 6.07) is 0. The topological polar surface area (TPSA) is 111 Å². The molecule has 0 heterocycles. The number of carbonyl (C=O) groups excluding carboxylic acids is 3. The number of rotatable bonds is 40. The molecule has 0 bridgehead atoms. The lowest BCUT2D eigenvalue weighted by atomic mass is 10.1. The van der Waals surface area contributed by atoms with E-state index in [1.54, 1.807) is 0 Å². The number of esters is 2. The van der Waals surface area contributed by atoms with Gasteiger partial charge >= 0.3 is 11.9 Å². The molecular weight excluding hydrogens is 670 g/mol. The minimum Gasteiger partial charge on any atom is -0.545 e. The van der Waals surface area contributed by atoms with Crippen molar-refractivity contribution in [3.8, 4) is 0 Å². The quantitative estimate of drug-likeness (QED) is 0.0200. The van der Waals surface area contributed by atoms with E-state index in [9.17, 15) is 19.5 Å². The van der Waals surface area contributed by atoms with Crippen LogP contribution in [0.3, 0.4) is 0 Å². The molecule has 2 atom stereocenters. The Balaban J connectivity index is 4.41. The van der Waals surface area contributed by atoms with E-state index in [-0.39, 0.29) is 32.2 Å². The van der Waals surface area contributed by atoms with Gasteiger partial charge in [0.25, 0.3) is 0 Å². The number of carboxylic acid groups (broad SMARTS) is 1. The van der Waals surface area contributed by atoms with Crippen LogP contribution in [0.25, 0.3) is 0 Å². The first-order chi connectivity index (χ1) is 25.6. The van der Waals surface area contributed by atoms with E-state index in [4.69, 9.17) is 18.9 Å². The minimum absolute atomic E-state index is 0.150. The molecule has 0 aliphatic carbocycles. The second kappa shape index (κ2) is 37.0. The van der Waals surface area contributed by atoms with Gasteiger partial charge in [-0.1, -0.05) is 154 Å². The highest BCUT2D eigenvalue weighted by molar-refractivity contribution is 5.70. The van der Waals surface area contributed by atoms with Crippen molar-refractivity contribution in [1.29, 1.82) is 0 Å². The molecule has 0 fully saturated rings. The SMILES string of the molecule is CCCCCCCCC/C=C\CCCCCCCCCC(=O)OC(COC(=O)CCCCCCCCCCCC)COC(OCC[N+](C)(C)C)C(=O)[O-]. The van der Waals surface area contributed by atoms with Crippen LogP contribution in [0.2, 0.25) is 0 Å². The van der Waals surface area contributed by atoms with Gasteiger partial charge in [-0.15, -0.1) is 0 Å². The second-order valence-corrected chi connectivity index (χ2v) is 16.0. The number of likely N-dealkylation sites (N-methyl/N-ethyl adjacent to an activating group) is 1.